The van der Waals surface area contributed by atoms with Crippen molar-refractivity contribution in [2.75, 3.05) is 23.7 Å². The van der Waals surface area contributed by atoms with Gasteiger partial charge in [-0.15, -0.1) is 0 Å². The molecule has 0 bridgehead atoms. The van der Waals surface area contributed by atoms with Crippen LogP contribution in [0, 0.1) is 24.4 Å². The SMILES string of the molecule is CC1(C)C(CNC(=O)Nc2ccccc2I)CC1CNC(=O)Nc1ccccc1I. The van der Waals surface area contributed by atoms with Gasteiger partial charge >= 0.3 is 12.1 Å². The van der Waals surface area contributed by atoms with Crippen molar-refractivity contribution in [3.8, 4) is 0 Å². The van der Waals surface area contributed by atoms with E-state index in [1.54, 1.807) is 0 Å². The number of amides is 4. The fourth-order valence-electron chi connectivity index (χ4n) is 3.71. The average Bonchev–Trinajstić information content (AvgIpc) is 2.70. The Morgan fingerprint density at radius 3 is 1.60 bits per heavy atom. The van der Waals surface area contributed by atoms with Crippen LogP contribution in [0.15, 0.2) is 48.5 Å². The fraction of sp³-hybridized carbons (Fsp3) is 0.364. The fourth-order valence-corrected chi connectivity index (χ4v) is 4.75. The van der Waals surface area contributed by atoms with Gasteiger partial charge in [0.15, 0.2) is 0 Å². The van der Waals surface area contributed by atoms with Crippen molar-refractivity contribution < 1.29 is 9.59 Å². The lowest BCUT2D eigenvalue weighted by molar-refractivity contribution is -0.0142. The highest BCUT2D eigenvalue weighted by Crippen LogP contribution is 2.50. The molecule has 6 nitrogen and oxygen atoms in total. The van der Waals surface area contributed by atoms with E-state index in [4.69, 9.17) is 0 Å². The summed E-state index contributed by atoms with van der Waals surface area (Å²) in [5.41, 5.74) is 1.66. The first kappa shape index (κ1) is 23.1. The summed E-state index contributed by atoms with van der Waals surface area (Å²) in [7, 11) is 0. The van der Waals surface area contributed by atoms with Gasteiger partial charge in [-0.05, 0) is 93.1 Å². The number of urea groups is 2. The molecule has 1 fully saturated rings. The van der Waals surface area contributed by atoms with Gasteiger partial charge in [-0.25, -0.2) is 9.59 Å². The smallest absolute Gasteiger partial charge is 0.319 e. The molecule has 3 rings (SSSR count). The van der Waals surface area contributed by atoms with Gasteiger partial charge < -0.3 is 21.3 Å². The van der Waals surface area contributed by atoms with Crippen LogP contribution < -0.4 is 21.3 Å². The molecule has 2 atom stereocenters. The molecular weight excluding hydrogens is 606 g/mol. The zero-order valence-corrected chi connectivity index (χ0v) is 21.3. The first-order valence-electron chi connectivity index (χ1n) is 9.86. The molecule has 8 heteroatoms. The third-order valence-electron chi connectivity index (χ3n) is 5.94. The molecule has 2 aromatic carbocycles. The Morgan fingerprint density at radius 1 is 0.833 bits per heavy atom. The van der Waals surface area contributed by atoms with Crippen LogP contribution >= 0.6 is 45.2 Å². The summed E-state index contributed by atoms with van der Waals surface area (Å²) in [6.07, 6.45) is 0.972. The molecule has 160 valence electrons. The van der Waals surface area contributed by atoms with Crippen LogP contribution in [0.25, 0.3) is 0 Å². The summed E-state index contributed by atoms with van der Waals surface area (Å²) in [6, 6.07) is 15.0. The number of carbonyl (C=O) groups is 2. The second kappa shape index (κ2) is 10.2. The van der Waals surface area contributed by atoms with E-state index in [0.29, 0.717) is 24.9 Å². The maximum atomic E-state index is 12.2. The molecule has 4 N–H and O–H groups in total. The van der Waals surface area contributed by atoms with E-state index >= 15 is 0 Å². The number of halogens is 2. The molecular formula is C22H26I2N4O2. The maximum absolute atomic E-state index is 12.2. The van der Waals surface area contributed by atoms with Crippen LogP contribution in [0.2, 0.25) is 0 Å². The van der Waals surface area contributed by atoms with Crippen LogP contribution in [-0.2, 0) is 0 Å². The molecule has 0 radical (unpaired) electrons. The minimum Gasteiger partial charge on any atom is -0.338 e. The molecule has 0 aromatic heterocycles. The van der Waals surface area contributed by atoms with Gasteiger partial charge in [0.05, 0.1) is 11.4 Å². The monoisotopic (exact) mass is 632 g/mol. The van der Waals surface area contributed by atoms with Gasteiger partial charge in [0.1, 0.15) is 0 Å². The Morgan fingerprint density at radius 2 is 1.23 bits per heavy atom. The number of hydrogen-bond acceptors (Lipinski definition) is 2. The van der Waals surface area contributed by atoms with E-state index in [1.807, 2.05) is 48.5 Å². The Bertz CT molecular complexity index is 848. The molecule has 30 heavy (non-hydrogen) atoms. The van der Waals surface area contributed by atoms with E-state index in [-0.39, 0.29) is 17.5 Å². The molecule has 0 aliphatic heterocycles. The Balaban J connectivity index is 1.41. The molecule has 1 aliphatic carbocycles. The normalized spacial score (nSPS) is 19.3. The predicted octanol–water partition coefficient (Wildman–Crippen LogP) is 5.50. The zero-order valence-electron chi connectivity index (χ0n) is 17.0. The van der Waals surface area contributed by atoms with E-state index in [9.17, 15) is 9.59 Å². The second-order valence-electron chi connectivity index (χ2n) is 8.08. The molecule has 0 heterocycles. The zero-order chi connectivity index (χ0) is 21.7. The van der Waals surface area contributed by atoms with Crippen LogP contribution in [0.5, 0.6) is 0 Å². The van der Waals surface area contributed by atoms with Crippen LogP contribution in [0.1, 0.15) is 20.3 Å². The lowest BCUT2D eigenvalue weighted by atomic mass is 9.54. The molecule has 2 unspecified atom stereocenters. The van der Waals surface area contributed by atoms with Gasteiger partial charge in [-0.3, -0.25) is 0 Å². The molecule has 1 aliphatic rings. The van der Waals surface area contributed by atoms with Gasteiger partial charge in [0.2, 0.25) is 0 Å². The van der Waals surface area contributed by atoms with Crippen LogP contribution in [0.4, 0.5) is 21.0 Å². The average molecular weight is 632 g/mol. The Kier molecular flexibility index (Phi) is 7.83. The molecule has 4 amide bonds. The number of benzene rings is 2. The molecule has 1 saturated carbocycles. The van der Waals surface area contributed by atoms with Crippen molar-refractivity contribution >= 4 is 68.6 Å². The van der Waals surface area contributed by atoms with Crippen molar-refractivity contribution in [2.24, 2.45) is 17.3 Å². The summed E-state index contributed by atoms with van der Waals surface area (Å²) < 4.78 is 2.01. The van der Waals surface area contributed by atoms with E-state index in [2.05, 4.69) is 80.3 Å². The van der Waals surface area contributed by atoms with Crippen molar-refractivity contribution in [1.82, 2.24) is 10.6 Å². The summed E-state index contributed by atoms with van der Waals surface area (Å²) in [6.45, 7) is 5.64. The highest BCUT2D eigenvalue weighted by atomic mass is 127. The highest BCUT2D eigenvalue weighted by Gasteiger charge is 2.47. The number of carbonyl (C=O) groups excluding carboxylic acids is 2. The Labute approximate surface area is 204 Å². The number of nitrogens with one attached hydrogen (secondary N) is 4. The third kappa shape index (κ3) is 5.77. The molecule has 0 saturated heterocycles. The molecule has 0 spiro atoms. The van der Waals surface area contributed by atoms with Gasteiger partial charge in [-0.2, -0.15) is 0 Å². The summed E-state index contributed by atoms with van der Waals surface area (Å²) in [5, 5.41) is 11.8. The number of rotatable bonds is 6. The highest BCUT2D eigenvalue weighted by molar-refractivity contribution is 14.1. The number of para-hydroxylation sites is 2. The van der Waals surface area contributed by atoms with Crippen molar-refractivity contribution in [1.29, 1.82) is 0 Å². The molecule has 2 aromatic rings. The van der Waals surface area contributed by atoms with Crippen molar-refractivity contribution in [2.45, 2.75) is 20.3 Å². The van der Waals surface area contributed by atoms with Crippen molar-refractivity contribution in [3.63, 3.8) is 0 Å². The van der Waals surface area contributed by atoms with E-state index in [1.165, 1.54) is 0 Å². The first-order valence-corrected chi connectivity index (χ1v) is 12.0. The van der Waals surface area contributed by atoms with Crippen LogP contribution in [0.3, 0.4) is 0 Å². The minimum absolute atomic E-state index is 0.0445. The lowest BCUT2D eigenvalue weighted by Crippen LogP contribution is -2.54. The predicted molar refractivity (Wildman–Crippen MR) is 138 cm³/mol. The minimum atomic E-state index is -0.187. The maximum Gasteiger partial charge on any atom is 0.319 e. The van der Waals surface area contributed by atoms with Gasteiger partial charge in [0, 0.05) is 20.2 Å². The quantitative estimate of drug-likeness (QED) is 0.318. The third-order valence-corrected chi connectivity index (χ3v) is 7.82. The van der Waals surface area contributed by atoms with Gasteiger partial charge in [-0.1, -0.05) is 38.1 Å². The topological polar surface area (TPSA) is 82.3 Å². The van der Waals surface area contributed by atoms with E-state index < -0.39 is 0 Å². The van der Waals surface area contributed by atoms with Crippen molar-refractivity contribution in [3.05, 3.63) is 55.7 Å². The summed E-state index contributed by atoms with van der Waals surface area (Å²) >= 11 is 4.41. The summed E-state index contributed by atoms with van der Waals surface area (Å²) in [4.78, 5) is 24.5. The summed E-state index contributed by atoms with van der Waals surface area (Å²) in [5.74, 6) is 0.756. The standard InChI is InChI=1S/C22H26I2N4O2/c1-22(2)14(12-25-20(29)27-18-9-5-3-7-16(18)23)11-15(22)13-26-21(30)28-19-10-6-4-8-17(19)24/h3-10,14-15H,11-13H2,1-2H3,(H2,25,27,29)(H2,26,28,30). The number of anilines is 2. The lowest BCUT2D eigenvalue weighted by Gasteiger charge is -2.52. The number of hydrogen-bond donors (Lipinski definition) is 4. The first-order chi connectivity index (χ1) is 14.3. The second-order valence-corrected chi connectivity index (χ2v) is 10.4. The van der Waals surface area contributed by atoms with E-state index in [0.717, 1.165) is 24.9 Å². The van der Waals surface area contributed by atoms with Gasteiger partial charge in [0.25, 0.3) is 0 Å². The van der Waals surface area contributed by atoms with Crippen LogP contribution in [-0.4, -0.2) is 25.2 Å². The largest absolute Gasteiger partial charge is 0.338 e. The Hall–Kier alpha value is -1.56.